The van der Waals surface area contributed by atoms with Crippen molar-refractivity contribution in [3.05, 3.63) is 65.0 Å². The van der Waals surface area contributed by atoms with Crippen LogP contribution in [0.5, 0.6) is 5.75 Å². The Hall–Kier alpha value is -2.93. The molecular formula is C24H29FN3O3+. The van der Waals surface area contributed by atoms with Gasteiger partial charge in [-0.1, -0.05) is 12.1 Å². The van der Waals surface area contributed by atoms with E-state index in [0.717, 1.165) is 43.7 Å². The molecule has 0 radical (unpaired) electrons. The zero-order valence-electron chi connectivity index (χ0n) is 17.9. The van der Waals surface area contributed by atoms with Crippen LogP contribution in [0.15, 0.2) is 42.5 Å². The van der Waals surface area contributed by atoms with Gasteiger partial charge >= 0.3 is 0 Å². The summed E-state index contributed by atoms with van der Waals surface area (Å²) < 4.78 is 18.9. The number of hydrogen-bond donors (Lipinski definition) is 1. The Bertz CT molecular complexity index is 940. The lowest BCUT2D eigenvalue weighted by Gasteiger charge is -2.32. The topological polar surface area (TPSA) is 54.3 Å². The number of carbonyl (C=O) groups is 2. The molecule has 2 aliphatic heterocycles. The number of halogens is 1. The Labute approximate surface area is 182 Å². The molecule has 6 nitrogen and oxygen atoms in total. The highest BCUT2D eigenvalue weighted by molar-refractivity contribution is 5.94. The maximum Gasteiger partial charge on any atom is 0.254 e. The number of ether oxygens (including phenoxy) is 1. The monoisotopic (exact) mass is 426 g/mol. The third-order valence-corrected chi connectivity index (χ3v) is 6.17. The number of nitrogens with one attached hydrogen (secondary N) is 1. The summed E-state index contributed by atoms with van der Waals surface area (Å²) in [7, 11) is 1.46. The van der Waals surface area contributed by atoms with Gasteiger partial charge in [0.25, 0.3) is 5.91 Å². The average Bonchev–Trinajstić information content (AvgIpc) is 3.19. The Morgan fingerprint density at radius 3 is 2.39 bits per heavy atom. The largest absolute Gasteiger partial charge is 0.494 e. The van der Waals surface area contributed by atoms with Gasteiger partial charge in [-0.2, -0.15) is 0 Å². The van der Waals surface area contributed by atoms with Crippen molar-refractivity contribution in [1.29, 1.82) is 0 Å². The number of hydrogen-bond acceptors (Lipinski definition) is 3. The molecule has 0 spiro atoms. The zero-order chi connectivity index (χ0) is 21.8. The van der Waals surface area contributed by atoms with Gasteiger partial charge in [0.2, 0.25) is 5.91 Å². The highest BCUT2D eigenvalue weighted by Crippen LogP contribution is 2.18. The molecule has 7 heteroatoms. The van der Waals surface area contributed by atoms with Crippen molar-refractivity contribution in [3.8, 4) is 5.75 Å². The Kier molecular flexibility index (Phi) is 6.51. The fourth-order valence-electron chi connectivity index (χ4n) is 4.34. The number of rotatable bonds is 6. The minimum atomic E-state index is -0.342. The van der Waals surface area contributed by atoms with E-state index in [1.165, 1.54) is 18.1 Å². The van der Waals surface area contributed by atoms with Crippen LogP contribution in [0.4, 0.5) is 4.39 Å². The number of piperazine rings is 1. The van der Waals surface area contributed by atoms with Crippen molar-refractivity contribution in [2.24, 2.45) is 0 Å². The predicted molar refractivity (Wildman–Crippen MR) is 114 cm³/mol. The summed E-state index contributed by atoms with van der Waals surface area (Å²) in [4.78, 5) is 29.8. The first-order valence-electron chi connectivity index (χ1n) is 10.9. The highest BCUT2D eigenvalue weighted by Gasteiger charge is 2.25. The standard InChI is InChI=1S/C24H28FN3O3/c1-31-22-9-6-19(15-21(22)25)16-26-11-13-27(14-12-26)24(30)20-7-4-18(5-8-20)17-28-10-2-3-23(28)29/h4-9,15H,2-3,10-14,16-17H2,1H3/p+1. The van der Waals surface area contributed by atoms with Gasteiger partial charge in [-0.25, -0.2) is 4.39 Å². The molecule has 2 saturated heterocycles. The lowest BCUT2D eigenvalue weighted by atomic mass is 10.1. The summed E-state index contributed by atoms with van der Waals surface area (Å²) in [5.74, 6) is 0.161. The van der Waals surface area contributed by atoms with Gasteiger partial charge < -0.3 is 19.4 Å². The molecule has 0 saturated carbocycles. The second-order valence-corrected chi connectivity index (χ2v) is 8.30. The number of benzene rings is 2. The lowest BCUT2D eigenvalue weighted by Crippen LogP contribution is -3.13. The number of quaternary nitrogens is 1. The van der Waals surface area contributed by atoms with Crippen LogP contribution in [0.2, 0.25) is 0 Å². The average molecular weight is 427 g/mol. The van der Waals surface area contributed by atoms with Crippen LogP contribution >= 0.6 is 0 Å². The smallest absolute Gasteiger partial charge is 0.254 e. The molecule has 31 heavy (non-hydrogen) atoms. The van der Waals surface area contributed by atoms with E-state index in [0.29, 0.717) is 31.6 Å². The van der Waals surface area contributed by atoms with E-state index < -0.39 is 0 Å². The van der Waals surface area contributed by atoms with Crippen LogP contribution in [0, 0.1) is 5.82 Å². The van der Waals surface area contributed by atoms with Crippen LogP contribution in [0.3, 0.4) is 0 Å². The molecule has 4 rings (SSSR count). The summed E-state index contributed by atoms with van der Waals surface area (Å²) in [5, 5.41) is 0. The first-order valence-corrected chi connectivity index (χ1v) is 10.9. The molecular weight excluding hydrogens is 397 g/mol. The third kappa shape index (κ3) is 5.05. The normalized spacial score (nSPS) is 17.3. The maximum atomic E-state index is 13.9. The summed E-state index contributed by atoms with van der Waals surface area (Å²) >= 11 is 0. The van der Waals surface area contributed by atoms with E-state index in [1.807, 2.05) is 40.1 Å². The van der Waals surface area contributed by atoms with Gasteiger partial charge in [0.15, 0.2) is 11.6 Å². The second kappa shape index (κ2) is 9.47. The Morgan fingerprint density at radius 2 is 1.77 bits per heavy atom. The van der Waals surface area contributed by atoms with Crippen molar-refractivity contribution < 1.29 is 23.6 Å². The molecule has 2 heterocycles. The van der Waals surface area contributed by atoms with Gasteiger partial charge in [0.05, 0.1) is 33.3 Å². The minimum absolute atomic E-state index is 0.0401. The molecule has 0 atom stereocenters. The summed E-state index contributed by atoms with van der Waals surface area (Å²) in [6, 6.07) is 12.7. The third-order valence-electron chi connectivity index (χ3n) is 6.17. The number of carbonyl (C=O) groups excluding carboxylic acids is 2. The summed E-state index contributed by atoms with van der Waals surface area (Å²) in [6.07, 6.45) is 1.56. The van der Waals surface area contributed by atoms with E-state index in [-0.39, 0.29) is 23.4 Å². The number of amides is 2. The first-order chi connectivity index (χ1) is 15.0. The first kappa shape index (κ1) is 21.3. The van der Waals surface area contributed by atoms with E-state index >= 15 is 0 Å². The molecule has 1 N–H and O–H groups in total. The van der Waals surface area contributed by atoms with Crippen molar-refractivity contribution in [2.45, 2.75) is 25.9 Å². The number of nitrogens with zero attached hydrogens (tertiary/aromatic N) is 2. The van der Waals surface area contributed by atoms with E-state index in [1.54, 1.807) is 6.07 Å². The number of methoxy groups -OCH3 is 1. The molecule has 2 aliphatic rings. The van der Waals surface area contributed by atoms with Gasteiger partial charge in [0, 0.05) is 30.6 Å². The van der Waals surface area contributed by atoms with Crippen LogP contribution in [0.1, 0.15) is 34.3 Å². The van der Waals surface area contributed by atoms with Crippen molar-refractivity contribution >= 4 is 11.8 Å². The van der Waals surface area contributed by atoms with Crippen molar-refractivity contribution in [1.82, 2.24) is 9.80 Å². The summed E-state index contributed by atoms with van der Waals surface area (Å²) in [6.45, 7) is 5.17. The number of likely N-dealkylation sites (tertiary alicyclic amines) is 1. The lowest BCUT2D eigenvalue weighted by molar-refractivity contribution is -0.917. The molecule has 164 valence electrons. The molecule has 0 bridgehead atoms. The van der Waals surface area contributed by atoms with E-state index in [4.69, 9.17) is 4.74 Å². The van der Waals surface area contributed by atoms with Crippen LogP contribution in [-0.2, 0) is 17.9 Å². The van der Waals surface area contributed by atoms with Crippen molar-refractivity contribution in [3.63, 3.8) is 0 Å². The molecule has 2 aromatic carbocycles. The van der Waals surface area contributed by atoms with Crippen LogP contribution < -0.4 is 9.64 Å². The fourth-order valence-corrected chi connectivity index (χ4v) is 4.34. The van der Waals surface area contributed by atoms with Gasteiger partial charge in [-0.05, 0) is 42.3 Å². The van der Waals surface area contributed by atoms with Crippen LogP contribution in [0.25, 0.3) is 0 Å². The van der Waals surface area contributed by atoms with Gasteiger partial charge in [-0.3, -0.25) is 9.59 Å². The molecule has 2 fully saturated rings. The quantitative estimate of drug-likeness (QED) is 0.762. The van der Waals surface area contributed by atoms with E-state index in [9.17, 15) is 14.0 Å². The molecule has 2 aromatic rings. The Morgan fingerprint density at radius 1 is 1.06 bits per heavy atom. The summed E-state index contributed by atoms with van der Waals surface area (Å²) in [5.41, 5.74) is 2.66. The highest BCUT2D eigenvalue weighted by atomic mass is 19.1. The maximum absolute atomic E-state index is 13.9. The van der Waals surface area contributed by atoms with Gasteiger partial charge in [-0.15, -0.1) is 0 Å². The molecule has 0 aliphatic carbocycles. The SMILES string of the molecule is COc1ccc(C[NH+]2CCN(C(=O)c3ccc(CN4CCCC4=O)cc3)CC2)cc1F. The fraction of sp³-hybridized carbons (Fsp3) is 0.417. The van der Waals surface area contributed by atoms with Gasteiger partial charge in [0.1, 0.15) is 6.54 Å². The predicted octanol–water partition coefficient (Wildman–Crippen LogP) is 1.50. The van der Waals surface area contributed by atoms with Crippen molar-refractivity contribution in [2.75, 3.05) is 39.8 Å². The minimum Gasteiger partial charge on any atom is -0.494 e. The van der Waals surface area contributed by atoms with Crippen LogP contribution in [-0.4, -0.2) is 61.4 Å². The molecule has 0 aromatic heterocycles. The molecule has 2 amide bonds. The van der Waals surface area contributed by atoms with E-state index in [2.05, 4.69) is 0 Å². The second-order valence-electron chi connectivity index (χ2n) is 8.30. The Balaban J connectivity index is 1.28. The zero-order valence-corrected chi connectivity index (χ0v) is 17.9. The molecule has 0 unspecified atom stereocenters.